The fourth-order valence-electron chi connectivity index (χ4n) is 5.60. The van der Waals surface area contributed by atoms with Crippen molar-refractivity contribution in [1.82, 2.24) is 0 Å². The first-order chi connectivity index (χ1) is 30.1. The van der Waals surface area contributed by atoms with E-state index in [4.69, 9.17) is 53.0 Å². The summed E-state index contributed by atoms with van der Waals surface area (Å²) >= 11 is 9.95. The number of ether oxygens (including phenoxy) is 3. The molecule has 0 saturated carbocycles. The Kier molecular flexibility index (Phi) is 19.9. The maximum atomic E-state index is 14.7. The van der Waals surface area contributed by atoms with Crippen LogP contribution in [0, 0.1) is 34.3 Å². The van der Waals surface area contributed by atoms with Gasteiger partial charge in [0, 0.05) is 49.0 Å². The van der Waals surface area contributed by atoms with Gasteiger partial charge in [-0.15, -0.1) is 11.6 Å². The van der Waals surface area contributed by atoms with E-state index >= 15 is 0 Å². The number of aliphatic hydroxyl groups is 1. The van der Waals surface area contributed by atoms with E-state index in [0.717, 1.165) is 45.2 Å². The Morgan fingerprint density at radius 2 is 1.02 bits per heavy atom. The third-order valence-electron chi connectivity index (χ3n) is 8.79. The van der Waals surface area contributed by atoms with Gasteiger partial charge in [-0.3, -0.25) is 4.79 Å². The topological polar surface area (TPSA) is 130 Å². The van der Waals surface area contributed by atoms with Gasteiger partial charge < -0.3 is 19.3 Å². The molecule has 0 fully saturated rings. The van der Waals surface area contributed by atoms with E-state index in [0.29, 0.717) is 59.9 Å². The molecule has 0 saturated heterocycles. The number of carbonyl (C=O) groups is 2. The number of hydrogen-bond acceptors (Lipinski definition) is 8. The van der Waals surface area contributed by atoms with Crippen LogP contribution in [-0.2, 0) is 14.3 Å². The van der Waals surface area contributed by atoms with Crippen LogP contribution in [0.25, 0.3) is 44.5 Å². The lowest BCUT2D eigenvalue weighted by molar-refractivity contribution is -0.137. The molecule has 6 aromatic carbocycles. The van der Waals surface area contributed by atoms with Crippen molar-refractivity contribution >= 4 is 34.4 Å². The molecule has 316 valence electrons. The number of hydrogen-bond donors (Lipinski definition) is 1. The minimum absolute atomic E-state index is 0.100. The van der Waals surface area contributed by atoms with Gasteiger partial charge in [-0.1, -0.05) is 79.4 Å². The highest BCUT2D eigenvalue weighted by Crippen LogP contribution is 2.31. The molecule has 0 aromatic heterocycles. The van der Waals surface area contributed by atoms with E-state index in [1.165, 1.54) is 12.1 Å². The molecule has 1 N–H and O–H groups in total. The summed E-state index contributed by atoms with van der Waals surface area (Å²) in [4.78, 5) is 20.7. The molecule has 0 aliphatic carbocycles. The van der Waals surface area contributed by atoms with Gasteiger partial charge in [0.1, 0.15) is 23.1 Å². The third kappa shape index (κ3) is 15.3. The average molecular weight is 876 g/mol. The number of benzene rings is 6. The summed E-state index contributed by atoms with van der Waals surface area (Å²) in [7, 11) is 0. The lowest BCUT2D eigenvalue weighted by Crippen LogP contribution is -2.06. The van der Waals surface area contributed by atoms with Gasteiger partial charge in [0.2, 0.25) is 5.24 Å². The van der Waals surface area contributed by atoms with Crippen molar-refractivity contribution in [3.8, 4) is 68.1 Å². The summed E-state index contributed by atoms with van der Waals surface area (Å²) < 4.78 is 45.2. The summed E-state index contributed by atoms with van der Waals surface area (Å²) in [5.41, 5.74) is 6.83. The van der Waals surface area contributed by atoms with Gasteiger partial charge in [0.15, 0.2) is 0 Å². The second-order valence-corrected chi connectivity index (χ2v) is 13.9. The van der Waals surface area contributed by atoms with Crippen LogP contribution in [0.15, 0.2) is 146 Å². The van der Waals surface area contributed by atoms with Crippen molar-refractivity contribution in [2.75, 3.05) is 32.3 Å². The Bertz CT molecular complexity index is 2470. The molecule has 0 bridgehead atoms. The van der Waals surface area contributed by atoms with Crippen LogP contribution in [0.4, 0.5) is 8.78 Å². The largest absolute Gasteiger partial charge is 0.494 e. The van der Waals surface area contributed by atoms with Crippen molar-refractivity contribution in [2.45, 2.75) is 19.3 Å². The molecule has 0 amide bonds. The van der Waals surface area contributed by atoms with E-state index < -0.39 is 5.97 Å². The number of carbonyl (C=O) groups excluding carboxylic acids is 2. The number of esters is 1. The van der Waals surface area contributed by atoms with Gasteiger partial charge in [-0.25, -0.2) is 13.6 Å². The maximum absolute atomic E-state index is 14.7. The van der Waals surface area contributed by atoms with Gasteiger partial charge >= 0.3 is 5.97 Å². The zero-order valence-corrected chi connectivity index (χ0v) is 35.0. The van der Waals surface area contributed by atoms with Gasteiger partial charge in [0.25, 0.3) is 0 Å². The zero-order valence-electron chi connectivity index (χ0n) is 33.5. The molecular formula is C50H42Cl2F2N2O6. The minimum atomic E-state index is -0.447. The number of alkyl halides is 1. The maximum Gasteiger partial charge on any atom is 0.330 e. The normalized spacial score (nSPS) is 10.0. The Morgan fingerprint density at radius 3 is 1.35 bits per heavy atom. The second kappa shape index (κ2) is 25.7. The van der Waals surface area contributed by atoms with Crippen LogP contribution in [0.5, 0.6) is 11.5 Å². The van der Waals surface area contributed by atoms with Crippen molar-refractivity contribution in [3.63, 3.8) is 0 Å². The van der Waals surface area contributed by atoms with E-state index in [2.05, 4.69) is 18.7 Å². The molecule has 6 rings (SSSR count). The highest BCUT2D eigenvalue weighted by molar-refractivity contribution is 6.63. The molecule has 0 atom stereocenters. The summed E-state index contributed by atoms with van der Waals surface area (Å²) in [6.07, 6.45) is 2.55. The Hall–Kier alpha value is -6.82. The van der Waals surface area contributed by atoms with Gasteiger partial charge in [0.05, 0.1) is 43.1 Å². The van der Waals surface area contributed by atoms with Crippen molar-refractivity contribution in [3.05, 3.63) is 169 Å². The number of nitrogens with zero attached hydrogens (tertiary/aromatic N) is 2. The second-order valence-electron chi connectivity index (χ2n) is 13.1. The predicted molar refractivity (Wildman–Crippen MR) is 239 cm³/mol. The number of halogens is 4. The number of rotatable bonds is 16. The minimum Gasteiger partial charge on any atom is -0.494 e. The molecule has 8 nitrogen and oxygen atoms in total. The van der Waals surface area contributed by atoms with Crippen LogP contribution < -0.4 is 9.47 Å². The molecule has 0 aliphatic heterocycles. The molecule has 0 aliphatic rings. The molecule has 12 heteroatoms. The Morgan fingerprint density at radius 1 is 0.613 bits per heavy atom. The molecule has 62 heavy (non-hydrogen) atoms. The molecule has 0 radical (unpaired) electrons. The van der Waals surface area contributed by atoms with E-state index in [-0.39, 0.29) is 36.5 Å². The first-order valence-corrected chi connectivity index (χ1v) is 20.2. The van der Waals surface area contributed by atoms with E-state index in [9.17, 15) is 18.4 Å². The summed E-state index contributed by atoms with van der Waals surface area (Å²) in [6.45, 7) is 4.58. The van der Waals surface area contributed by atoms with Crippen LogP contribution in [0.2, 0.25) is 0 Å². The Labute approximate surface area is 369 Å². The van der Waals surface area contributed by atoms with Gasteiger partial charge in [-0.2, -0.15) is 10.5 Å². The smallest absolute Gasteiger partial charge is 0.330 e. The SMILES string of the molecule is C=CC(=O)OCCCOc1ccc(-c2ccc(-c3ccc(C#N)cc3)c(F)c2)cc1.N#Cc1ccc(-c2ccc(-c3ccc(OCCCO)cc3)cc2F)cc1.O=C(Cl)CCCl. The Balaban J connectivity index is 0.000000243. The average Bonchev–Trinajstić information content (AvgIpc) is 3.30. The predicted octanol–water partition coefficient (Wildman–Crippen LogP) is 11.7. The highest BCUT2D eigenvalue weighted by atomic mass is 35.5. The van der Waals surface area contributed by atoms with Crippen LogP contribution >= 0.6 is 23.2 Å². The van der Waals surface area contributed by atoms with Crippen molar-refractivity contribution < 1.29 is 37.7 Å². The summed E-state index contributed by atoms with van der Waals surface area (Å²) in [5, 5.41) is 26.1. The lowest BCUT2D eigenvalue weighted by Gasteiger charge is -2.09. The van der Waals surface area contributed by atoms with E-state index in [1.54, 1.807) is 60.7 Å². The van der Waals surface area contributed by atoms with Gasteiger partial charge in [-0.05, 0) is 106 Å². The van der Waals surface area contributed by atoms with Crippen molar-refractivity contribution in [1.29, 1.82) is 10.5 Å². The first kappa shape index (κ1) is 47.9. The van der Waals surface area contributed by atoms with E-state index in [1.807, 2.05) is 60.7 Å². The lowest BCUT2D eigenvalue weighted by atomic mass is 9.99. The van der Waals surface area contributed by atoms with Crippen LogP contribution in [0.1, 0.15) is 30.4 Å². The molecule has 0 heterocycles. The molecular weight excluding hydrogens is 833 g/mol. The molecule has 0 unspecified atom stereocenters. The summed E-state index contributed by atoms with van der Waals surface area (Å²) in [5.74, 6) is 0.640. The number of nitriles is 2. The zero-order chi connectivity index (χ0) is 44.7. The summed E-state index contributed by atoms with van der Waals surface area (Å²) in [6, 6.07) is 42.8. The highest BCUT2D eigenvalue weighted by Gasteiger charge is 2.10. The van der Waals surface area contributed by atoms with Crippen LogP contribution in [-0.4, -0.2) is 48.6 Å². The van der Waals surface area contributed by atoms with Crippen molar-refractivity contribution in [2.24, 2.45) is 0 Å². The molecule has 6 aromatic rings. The fourth-order valence-corrected chi connectivity index (χ4v) is 5.97. The van der Waals surface area contributed by atoms with Crippen LogP contribution in [0.3, 0.4) is 0 Å². The third-order valence-corrected chi connectivity index (χ3v) is 9.17. The molecule has 0 spiro atoms. The quantitative estimate of drug-likeness (QED) is 0.0334. The first-order valence-electron chi connectivity index (χ1n) is 19.3. The monoisotopic (exact) mass is 874 g/mol. The standard InChI is InChI=1S/C25H20FNO3.C22H18FNO2.C3H4Cl2O/c1-2-25(28)30-15-3-14-29-22-11-8-19(9-12-22)21-10-13-23(24(26)16-21)20-6-4-18(17-27)5-7-20;23-22-14-19(17-6-9-20(10-7-17)26-13-1-12-25)8-11-21(22)18-4-2-16(15-24)3-5-18;4-2-1-3(5)6/h2,4-13,16H,1,3,14-15H2;2-11,14,25H,1,12-13H2;1-2H2. The fraction of sp³-hybridized carbons (Fsp3) is 0.160. The number of aliphatic hydroxyl groups excluding tert-OH is 1.